The van der Waals surface area contributed by atoms with Crippen molar-refractivity contribution in [1.29, 1.82) is 0 Å². The number of aromatic nitrogens is 4. The molecule has 32 heavy (non-hydrogen) atoms. The number of benzene rings is 2. The van der Waals surface area contributed by atoms with E-state index in [2.05, 4.69) is 15.3 Å². The van der Waals surface area contributed by atoms with E-state index < -0.39 is 11.2 Å². The minimum absolute atomic E-state index is 0.00114. The van der Waals surface area contributed by atoms with Gasteiger partial charge in [-0.15, -0.1) is 0 Å². The number of carbonyl (C=O) groups excluding carboxylic acids is 1. The molecule has 2 heterocycles. The average Bonchev–Trinajstić information content (AvgIpc) is 2.80. The van der Waals surface area contributed by atoms with Gasteiger partial charge in [0.25, 0.3) is 5.56 Å². The van der Waals surface area contributed by atoms with E-state index in [-0.39, 0.29) is 22.7 Å². The zero-order chi connectivity index (χ0) is 22.8. The van der Waals surface area contributed by atoms with Crippen molar-refractivity contribution < 1.29 is 4.79 Å². The lowest BCUT2D eigenvalue weighted by atomic mass is 10.2. The van der Waals surface area contributed by atoms with Gasteiger partial charge in [0.05, 0.1) is 5.75 Å². The normalized spacial score (nSPS) is 11.0. The summed E-state index contributed by atoms with van der Waals surface area (Å²) < 4.78 is 2.31. The molecule has 0 bridgehead atoms. The largest absolute Gasteiger partial charge is 0.332 e. The molecule has 0 unspecified atom stereocenters. The molecule has 0 aliphatic heterocycles. The van der Waals surface area contributed by atoms with E-state index in [0.29, 0.717) is 21.6 Å². The van der Waals surface area contributed by atoms with Gasteiger partial charge in [0.2, 0.25) is 5.91 Å². The fraction of sp³-hybridized carbons (Fsp3) is 0.136. The number of hydrogen-bond acceptors (Lipinski definition) is 6. The minimum atomic E-state index is -0.513. The number of hydrogen-bond donors (Lipinski definition) is 1. The number of nitrogens with zero attached hydrogens (tertiary/aromatic N) is 4. The van der Waals surface area contributed by atoms with E-state index in [0.717, 1.165) is 21.9 Å². The second-order valence-electron chi connectivity index (χ2n) is 6.97. The third-order valence-corrected chi connectivity index (χ3v) is 5.96. The summed E-state index contributed by atoms with van der Waals surface area (Å²) in [5.41, 5.74) is 0.506. The van der Waals surface area contributed by atoms with Gasteiger partial charge in [-0.2, -0.15) is 0 Å². The Balaban J connectivity index is 1.76. The molecule has 0 atom stereocenters. The molecule has 4 rings (SSSR count). The topological polar surface area (TPSA) is 98.9 Å². The summed E-state index contributed by atoms with van der Waals surface area (Å²) in [5.74, 6) is 0.0739. The lowest BCUT2D eigenvalue weighted by Gasteiger charge is -2.12. The number of anilines is 1. The van der Waals surface area contributed by atoms with Crippen molar-refractivity contribution in [2.45, 2.75) is 5.03 Å². The van der Waals surface area contributed by atoms with Crippen LogP contribution >= 0.6 is 23.4 Å². The molecule has 0 aliphatic rings. The van der Waals surface area contributed by atoms with Crippen molar-refractivity contribution in [1.82, 2.24) is 19.1 Å². The van der Waals surface area contributed by atoms with E-state index in [1.165, 1.54) is 11.6 Å². The Labute approximate surface area is 191 Å². The van der Waals surface area contributed by atoms with Crippen LogP contribution in [0.25, 0.3) is 22.4 Å². The molecule has 0 saturated carbocycles. The van der Waals surface area contributed by atoms with Crippen LogP contribution in [-0.2, 0) is 18.9 Å². The summed E-state index contributed by atoms with van der Waals surface area (Å²) in [6.45, 7) is 0. The fourth-order valence-electron chi connectivity index (χ4n) is 3.15. The first-order chi connectivity index (χ1) is 15.3. The highest BCUT2D eigenvalue weighted by Gasteiger charge is 2.19. The van der Waals surface area contributed by atoms with Crippen LogP contribution in [0.5, 0.6) is 0 Å². The number of nitrogens with one attached hydrogen (secondary N) is 1. The number of amides is 1. The van der Waals surface area contributed by atoms with E-state index in [4.69, 9.17) is 11.6 Å². The molecule has 0 spiro atoms. The molecule has 4 aromatic rings. The van der Waals surface area contributed by atoms with E-state index in [1.807, 2.05) is 30.3 Å². The van der Waals surface area contributed by atoms with Gasteiger partial charge >= 0.3 is 5.69 Å². The van der Waals surface area contributed by atoms with Crippen molar-refractivity contribution >= 4 is 46.0 Å². The quantitative estimate of drug-likeness (QED) is 0.357. The molecule has 10 heteroatoms. The zero-order valence-corrected chi connectivity index (χ0v) is 18.8. The number of rotatable bonds is 5. The average molecular weight is 468 g/mol. The van der Waals surface area contributed by atoms with Crippen LogP contribution < -0.4 is 16.6 Å². The third kappa shape index (κ3) is 4.30. The Bertz CT molecular complexity index is 1450. The molecule has 162 valence electrons. The first-order valence-electron chi connectivity index (χ1n) is 9.56. The Kier molecular flexibility index (Phi) is 6.11. The SMILES string of the molecule is Cn1c(=O)c2c(SCC(=O)Nc3cccc(Cl)c3)nc(-c3ccccc3)nc2n(C)c1=O. The van der Waals surface area contributed by atoms with Gasteiger partial charge in [-0.3, -0.25) is 18.7 Å². The van der Waals surface area contributed by atoms with Crippen molar-refractivity contribution in [3.05, 3.63) is 80.5 Å². The van der Waals surface area contributed by atoms with Crippen molar-refractivity contribution in [2.24, 2.45) is 14.1 Å². The molecule has 2 aromatic carbocycles. The second-order valence-corrected chi connectivity index (χ2v) is 8.37. The van der Waals surface area contributed by atoms with Gasteiger partial charge in [-0.25, -0.2) is 14.8 Å². The fourth-order valence-corrected chi connectivity index (χ4v) is 4.15. The third-order valence-electron chi connectivity index (χ3n) is 4.75. The maximum Gasteiger partial charge on any atom is 0.332 e. The molecule has 8 nitrogen and oxygen atoms in total. The molecule has 0 fully saturated rings. The number of halogens is 1. The summed E-state index contributed by atoms with van der Waals surface area (Å²) in [5, 5.41) is 3.79. The number of carbonyl (C=O) groups is 1. The molecule has 1 amide bonds. The first kappa shape index (κ1) is 21.8. The lowest BCUT2D eigenvalue weighted by Crippen LogP contribution is -2.37. The minimum Gasteiger partial charge on any atom is -0.325 e. The Morgan fingerprint density at radius 2 is 1.78 bits per heavy atom. The summed E-state index contributed by atoms with van der Waals surface area (Å²) in [6.07, 6.45) is 0. The maximum atomic E-state index is 12.9. The zero-order valence-electron chi connectivity index (χ0n) is 17.2. The molecule has 0 saturated heterocycles. The number of thioether (sulfide) groups is 1. The number of aryl methyl sites for hydroxylation is 1. The van der Waals surface area contributed by atoms with E-state index >= 15 is 0 Å². The Hall–Kier alpha value is -3.43. The highest BCUT2D eigenvalue weighted by Crippen LogP contribution is 2.26. The predicted octanol–water partition coefficient (Wildman–Crippen LogP) is 3.08. The van der Waals surface area contributed by atoms with Gasteiger partial charge in [0, 0.05) is 30.4 Å². The maximum absolute atomic E-state index is 12.9. The summed E-state index contributed by atoms with van der Waals surface area (Å²) >= 11 is 7.07. The Morgan fingerprint density at radius 1 is 1.03 bits per heavy atom. The van der Waals surface area contributed by atoms with E-state index in [1.54, 1.807) is 31.3 Å². The lowest BCUT2D eigenvalue weighted by molar-refractivity contribution is -0.113. The summed E-state index contributed by atoms with van der Waals surface area (Å²) in [6, 6.07) is 16.0. The smallest absolute Gasteiger partial charge is 0.325 e. The Morgan fingerprint density at radius 3 is 2.50 bits per heavy atom. The van der Waals surface area contributed by atoms with Crippen LogP contribution in [0.4, 0.5) is 5.69 Å². The predicted molar refractivity (Wildman–Crippen MR) is 126 cm³/mol. The van der Waals surface area contributed by atoms with Gasteiger partial charge in [-0.1, -0.05) is 59.8 Å². The van der Waals surface area contributed by atoms with E-state index in [9.17, 15) is 14.4 Å². The monoisotopic (exact) mass is 467 g/mol. The molecule has 0 aliphatic carbocycles. The van der Waals surface area contributed by atoms with Crippen molar-refractivity contribution in [3.63, 3.8) is 0 Å². The van der Waals surface area contributed by atoms with Gasteiger partial charge in [0.15, 0.2) is 11.5 Å². The van der Waals surface area contributed by atoms with Crippen LogP contribution in [0.3, 0.4) is 0 Å². The summed E-state index contributed by atoms with van der Waals surface area (Å²) in [7, 11) is 2.95. The first-order valence-corrected chi connectivity index (χ1v) is 10.9. The standard InChI is InChI=1S/C22H18ClN5O3S/c1-27-19-17(21(30)28(2)22(27)31)20(26-18(25-19)13-7-4-3-5-8-13)32-12-16(29)24-15-10-6-9-14(23)11-15/h3-11H,12H2,1-2H3,(H,24,29). The molecule has 2 aromatic heterocycles. The van der Waals surface area contributed by atoms with Gasteiger partial charge < -0.3 is 5.32 Å². The van der Waals surface area contributed by atoms with Gasteiger partial charge in [0.1, 0.15) is 10.4 Å². The van der Waals surface area contributed by atoms with Crippen LogP contribution in [0.2, 0.25) is 5.02 Å². The van der Waals surface area contributed by atoms with Gasteiger partial charge in [-0.05, 0) is 18.2 Å². The summed E-state index contributed by atoms with van der Waals surface area (Å²) in [4.78, 5) is 46.9. The number of fused-ring (bicyclic) bond motifs is 1. The second kappa shape index (κ2) is 8.97. The van der Waals surface area contributed by atoms with Crippen LogP contribution in [-0.4, -0.2) is 30.8 Å². The van der Waals surface area contributed by atoms with Crippen molar-refractivity contribution in [3.8, 4) is 11.4 Å². The van der Waals surface area contributed by atoms with Crippen molar-refractivity contribution in [2.75, 3.05) is 11.1 Å². The van der Waals surface area contributed by atoms with Crippen LogP contribution in [0.1, 0.15) is 0 Å². The highest BCUT2D eigenvalue weighted by atomic mass is 35.5. The van der Waals surface area contributed by atoms with Crippen LogP contribution in [0, 0.1) is 0 Å². The highest BCUT2D eigenvalue weighted by molar-refractivity contribution is 8.00. The van der Waals surface area contributed by atoms with Crippen LogP contribution in [0.15, 0.2) is 69.2 Å². The molecule has 0 radical (unpaired) electrons. The molecular weight excluding hydrogens is 450 g/mol. The molecular formula is C22H18ClN5O3S. The molecule has 1 N–H and O–H groups in total.